The Hall–Kier alpha value is -1.48. The quantitative estimate of drug-likeness (QED) is 0.810. The van der Waals surface area contributed by atoms with Gasteiger partial charge in [-0.15, -0.1) is 11.8 Å². The van der Waals surface area contributed by atoms with Crippen LogP contribution >= 0.6 is 11.8 Å². The number of amides is 1. The number of carbonyl (C=O) groups is 2. The fourth-order valence-electron chi connectivity index (χ4n) is 3.42. The van der Waals surface area contributed by atoms with E-state index < -0.39 is 17.3 Å². The van der Waals surface area contributed by atoms with Gasteiger partial charge in [-0.25, -0.2) is 4.79 Å². The molecule has 6 heteroatoms. The van der Waals surface area contributed by atoms with E-state index in [1.807, 2.05) is 6.26 Å². The molecule has 5 nitrogen and oxygen atoms in total. The summed E-state index contributed by atoms with van der Waals surface area (Å²) in [4.78, 5) is 24.7. The molecule has 0 saturated heterocycles. The van der Waals surface area contributed by atoms with Gasteiger partial charge in [-0.1, -0.05) is 19.3 Å². The minimum absolute atomic E-state index is 0.283. The van der Waals surface area contributed by atoms with Gasteiger partial charge >= 0.3 is 5.97 Å². The Morgan fingerprint density at radius 3 is 2.67 bits per heavy atom. The SMILES string of the molecule is CCOC(=O)C1=C(SC)NC(=O)C(C#N)C12CCCCC2. The molecule has 2 rings (SSSR count). The van der Waals surface area contributed by atoms with Crippen molar-refractivity contribution in [1.82, 2.24) is 5.32 Å². The summed E-state index contributed by atoms with van der Waals surface area (Å²) in [6.45, 7) is 2.04. The Morgan fingerprint density at radius 2 is 2.14 bits per heavy atom. The molecule has 1 N–H and O–H groups in total. The lowest BCUT2D eigenvalue weighted by Crippen LogP contribution is -2.50. The maximum absolute atomic E-state index is 12.5. The Morgan fingerprint density at radius 1 is 1.48 bits per heavy atom. The second-order valence-corrected chi connectivity index (χ2v) is 6.21. The van der Waals surface area contributed by atoms with Crippen LogP contribution in [0.2, 0.25) is 0 Å². The number of hydrogen-bond acceptors (Lipinski definition) is 5. The molecule has 0 aromatic carbocycles. The first-order valence-corrected chi connectivity index (χ1v) is 8.49. The third kappa shape index (κ3) is 2.67. The number of carbonyl (C=O) groups excluding carboxylic acids is 2. The predicted octanol–water partition coefficient (Wildman–Crippen LogP) is 2.34. The molecule has 2 aliphatic rings. The summed E-state index contributed by atoms with van der Waals surface area (Å²) in [7, 11) is 0. The molecule has 1 unspecified atom stereocenters. The van der Waals surface area contributed by atoms with Gasteiger partial charge in [0.05, 0.1) is 23.3 Å². The highest BCUT2D eigenvalue weighted by Crippen LogP contribution is 2.52. The average Bonchev–Trinajstić information content (AvgIpc) is 2.48. The van der Waals surface area contributed by atoms with Crippen molar-refractivity contribution < 1.29 is 14.3 Å². The first-order valence-electron chi connectivity index (χ1n) is 7.27. The lowest BCUT2D eigenvalue weighted by atomic mass is 9.60. The van der Waals surface area contributed by atoms with Crippen LogP contribution in [0.1, 0.15) is 39.0 Å². The average molecular weight is 308 g/mol. The number of nitrogens with zero attached hydrogens (tertiary/aromatic N) is 1. The summed E-state index contributed by atoms with van der Waals surface area (Å²) < 4.78 is 5.20. The van der Waals surface area contributed by atoms with Crippen molar-refractivity contribution in [3.8, 4) is 6.07 Å². The highest BCUT2D eigenvalue weighted by molar-refractivity contribution is 8.02. The minimum Gasteiger partial charge on any atom is -0.463 e. The third-order valence-electron chi connectivity index (χ3n) is 4.34. The smallest absolute Gasteiger partial charge is 0.337 e. The number of rotatable bonds is 3. The first kappa shape index (κ1) is 15.9. The molecule has 1 aliphatic heterocycles. The van der Waals surface area contributed by atoms with Crippen molar-refractivity contribution in [1.29, 1.82) is 5.26 Å². The molecule has 1 saturated carbocycles. The van der Waals surface area contributed by atoms with Crippen LogP contribution in [0.4, 0.5) is 0 Å². The summed E-state index contributed by atoms with van der Waals surface area (Å²) in [5, 5.41) is 12.7. The summed E-state index contributed by atoms with van der Waals surface area (Å²) in [5.41, 5.74) is -0.178. The standard InChI is InChI=1S/C15H20N2O3S/c1-3-20-14(19)11-13(21-2)17-12(18)10(9-16)15(11)7-5-4-6-8-15/h10H,3-8H2,1-2H3,(H,17,18). The molecule has 21 heavy (non-hydrogen) atoms. The summed E-state index contributed by atoms with van der Waals surface area (Å²) in [6.07, 6.45) is 6.13. The highest BCUT2D eigenvalue weighted by Gasteiger charge is 2.53. The van der Waals surface area contributed by atoms with Gasteiger partial charge in [-0.2, -0.15) is 5.26 Å². The van der Waals surface area contributed by atoms with E-state index in [2.05, 4.69) is 11.4 Å². The largest absolute Gasteiger partial charge is 0.463 e. The van der Waals surface area contributed by atoms with Crippen molar-refractivity contribution in [3.63, 3.8) is 0 Å². The lowest BCUT2D eigenvalue weighted by molar-refractivity contribution is -0.141. The molecule has 1 spiro atoms. The summed E-state index contributed by atoms with van der Waals surface area (Å²) in [5.74, 6) is -1.51. The number of hydrogen-bond donors (Lipinski definition) is 1. The molecule has 1 amide bonds. The van der Waals surface area contributed by atoms with E-state index in [9.17, 15) is 14.9 Å². The van der Waals surface area contributed by atoms with Crippen LogP contribution < -0.4 is 5.32 Å². The molecule has 1 heterocycles. The third-order valence-corrected chi connectivity index (χ3v) is 5.05. The monoisotopic (exact) mass is 308 g/mol. The predicted molar refractivity (Wildman–Crippen MR) is 79.9 cm³/mol. The van der Waals surface area contributed by atoms with Crippen LogP contribution in [-0.2, 0) is 14.3 Å². The fraction of sp³-hybridized carbons (Fsp3) is 0.667. The second kappa shape index (κ2) is 6.52. The number of ether oxygens (including phenoxy) is 1. The van der Waals surface area contributed by atoms with E-state index in [-0.39, 0.29) is 12.5 Å². The molecule has 0 bridgehead atoms. The van der Waals surface area contributed by atoms with Gasteiger partial charge in [-0.05, 0) is 26.0 Å². The van der Waals surface area contributed by atoms with E-state index in [0.717, 1.165) is 19.3 Å². The van der Waals surface area contributed by atoms with Crippen molar-refractivity contribution in [3.05, 3.63) is 10.6 Å². The van der Waals surface area contributed by atoms with Crippen LogP contribution in [0.3, 0.4) is 0 Å². The van der Waals surface area contributed by atoms with Gasteiger partial charge in [0.2, 0.25) is 5.91 Å². The molecule has 0 radical (unpaired) electrons. The highest BCUT2D eigenvalue weighted by atomic mass is 32.2. The Kier molecular flexibility index (Phi) is 4.94. The molecular weight excluding hydrogens is 288 g/mol. The van der Waals surface area contributed by atoms with Crippen molar-refractivity contribution in [2.24, 2.45) is 11.3 Å². The minimum atomic E-state index is -0.812. The number of nitrogens with one attached hydrogen (secondary N) is 1. The maximum atomic E-state index is 12.5. The number of thioether (sulfide) groups is 1. The Bertz CT molecular complexity index is 516. The van der Waals surface area contributed by atoms with Crippen LogP contribution in [0.25, 0.3) is 0 Å². The molecule has 114 valence electrons. The van der Waals surface area contributed by atoms with Crippen molar-refractivity contribution >= 4 is 23.6 Å². The van der Waals surface area contributed by atoms with E-state index in [1.54, 1.807) is 6.92 Å². The number of nitriles is 1. The molecule has 1 fully saturated rings. The van der Waals surface area contributed by atoms with Gasteiger partial charge in [0.15, 0.2) is 0 Å². The maximum Gasteiger partial charge on any atom is 0.337 e. The van der Waals surface area contributed by atoms with E-state index >= 15 is 0 Å². The van der Waals surface area contributed by atoms with Gasteiger partial charge in [0.25, 0.3) is 0 Å². The van der Waals surface area contributed by atoms with E-state index in [4.69, 9.17) is 4.74 Å². The normalized spacial score (nSPS) is 24.4. The molecule has 1 atom stereocenters. The topological polar surface area (TPSA) is 79.2 Å². The lowest BCUT2D eigenvalue weighted by Gasteiger charge is -2.44. The van der Waals surface area contributed by atoms with E-state index in [1.165, 1.54) is 11.8 Å². The van der Waals surface area contributed by atoms with Crippen molar-refractivity contribution in [2.45, 2.75) is 39.0 Å². The molecule has 0 aromatic rings. The van der Waals surface area contributed by atoms with Gasteiger partial charge < -0.3 is 10.1 Å². The summed E-state index contributed by atoms with van der Waals surface area (Å²) in [6, 6.07) is 2.12. The molecule has 1 aliphatic carbocycles. The van der Waals surface area contributed by atoms with Crippen LogP contribution in [0, 0.1) is 22.7 Å². The second-order valence-electron chi connectivity index (χ2n) is 5.40. The first-order chi connectivity index (χ1) is 10.1. The van der Waals surface area contributed by atoms with Gasteiger partial charge in [0, 0.05) is 5.41 Å². The Labute approximate surface area is 129 Å². The molecular formula is C15H20N2O3S. The van der Waals surface area contributed by atoms with Crippen molar-refractivity contribution in [2.75, 3.05) is 12.9 Å². The fourth-order valence-corrected chi connectivity index (χ4v) is 4.12. The van der Waals surface area contributed by atoms with Crippen LogP contribution in [0.15, 0.2) is 10.6 Å². The van der Waals surface area contributed by atoms with E-state index in [0.29, 0.717) is 23.4 Å². The zero-order valence-corrected chi connectivity index (χ0v) is 13.2. The van der Waals surface area contributed by atoms with Crippen LogP contribution in [-0.4, -0.2) is 24.7 Å². The Balaban J connectivity index is 2.57. The van der Waals surface area contributed by atoms with Gasteiger partial charge in [0.1, 0.15) is 5.92 Å². The van der Waals surface area contributed by atoms with Crippen LogP contribution in [0.5, 0.6) is 0 Å². The summed E-state index contributed by atoms with van der Waals surface area (Å²) >= 11 is 1.33. The molecule has 0 aromatic heterocycles. The number of esters is 1. The zero-order valence-electron chi connectivity index (χ0n) is 12.4. The zero-order chi connectivity index (χ0) is 15.5. The van der Waals surface area contributed by atoms with Gasteiger partial charge in [-0.3, -0.25) is 4.79 Å².